The van der Waals surface area contributed by atoms with Crippen molar-refractivity contribution in [2.75, 3.05) is 0 Å². The van der Waals surface area contributed by atoms with Crippen LogP contribution in [-0.2, 0) is 11.2 Å². The molecule has 0 bridgehead atoms. The molecule has 0 atom stereocenters. The van der Waals surface area contributed by atoms with Gasteiger partial charge in [-0.25, -0.2) is 4.79 Å². The van der Waals surface area contributed by atoms with Crippen molar-refractivity contribution in [3.8, 4) is 11.8 Å². The largest absolute Gasteiger partial charge is 0.478 e. The van der Waals surface area contributed by atoms with Gasteiger partial charge in [-0.05, 0) is 31.5 Å². The third-order valence-electron chi connectivity index (χ3n) is 2.09. The van der Waals surface area contributed by atoms with Gasteiger partial charge in [0.2, 0.25) is 0 Å². The molecule has 4 nitrogen and oxygen atoms in total. The molecule has 4 heteroatoms. The van der Waals surface area contributed by atoms with Crippen LogP contribution in [0, 0.1) is 11.3 Å². The normalized spacial score (nSPS) is 10.6. The molecule has 0 unspecified atom stereocenters. The van der Waals surface area contributed by atoms with Crippen LogP contribution < -0.4 is 4.74 Å². The highest BCUT2D eigenvalue weighted by molar-refractivity contribution is 5.76. The predicted octanol–water partition coefficient (Wildman–Crippen LogP) is 1.99. The summed E-state index contributed by atoms with van der Waals surface area (Å²) < 4.78 is 5.31. The molecule has 0 saturated carbocycles. The highest BCUT2D eigenvalue weighted by Crippen LogP contribution is 2.19. The number of hydrogen-bond donors (Lipinski definition) is 1. The van der Waals surface area contributed by atoms with E-state index in [0.29, 0.717) is 12.2 Å². The van der Waals surface area contributed by atoms with Crippen LogP contribution in [0.5, 0.6) is 5.75 Å². The van der Waals surface area contributed by atoms with Crippen molar-refractivity contribution < 1.29 is 14.6 Å². The molecule has 84 valence electrons. The summed E-state index contributed by atoms with van der Waals surface area (Å²) in [6.07, 6.45) is 0.336. The Balaban J connectivity index is 2.77. The molecule has 1 aromatic rings. The van der Waals surface area contributed by atoms with Crippen molar-refractivity contribution in [3.63, 3.8) is 0 Å². The van der Waals surface area contributed by atoms with Crippen molar-refractivity contribution in [2.24, 2.45) is 0 Å². The van der Waals surface area contributed by atoms with Crippen LogP contribution in [0.2, 0.25) is 0 Å². The molecule has 1 rings (SSSR count). The smallest absolute Gasteiger partial charge is 0.347 e. The van der Waals surface area contributed by atoms with Crippen molar-refractivity contribution in [1.82, 2.24) is 0 Å². The van der Waals surface area contributed by atoms with Gasteiger partial charge in [0.25, 0.3) is 0 Å². The lowest BCUT2D eigenvalue weighted by molar-refractivity contribution is -0.152. The molecule has 0 heterocycles. The lowest BCUT2D eigenvalue weighted by Crippen LogP contribution is -2.37. The lowest BCUT2D eigenvalue weighted by atomic mass is 10.1. The Bertz CT molecular complexity index is 415. The predicted molar refractivity (Wildman–Crippen MR) is 58.1 cm³/mol. The first-order valence-corrected chi connectivity index (χ1v) is 4.84. The van der Waals surface area contributed by atoms with Crippen LogP contribution in [0.1, 0.15) is 19.4 Å². The fraction of sp³-hybridized carbons (Fsp3) is 0.333. The summed E-state index contributed by atoms with van der Waals surface area (Å²) in [6.45, 7) is 2.97. The van der Waals surface area contributed by atoms with Gasteiger partial charge in [0.15, 0.2) is 5.60 Å². The minimum Gasteiger partial charge on any atom is -0.478 e. The number of ether oxygens (including phenoxy) is 1. The number of carbonyl (C=O) groups is 1. The van der Waals surface area contributed by atoms with E-state index in [-0.39, 0.29) is 0 Å². The van der Waals surface area contributed by atoms with Crippen molar-refractivity contribution in [3.05, 3.63) is 29.8 Å². The van der Waals surface area contributed by atoms with E-state index in [2.05, 4.69) is 0 Å². The summed E-state index contributed by atoms with van der Waals surface area (Å²) in [6, 6.07) is 8.86. The van der Waals surface area contributed by atoms with E-state index in [1.807, 2.05) is 6.07 Å². The van der Waals surface area contributed by atoms with Gasteiger partial charge in [-0.3, -0.25) is 0 Å². The average Bonchev–Trinajstić information content (AvgIpc) is 2.21. The second kappa shape index (κ2) is 4.67. The number of rotatable bonds is 4. The Labute approximate surface area is 94.1 Å². The molecule has 0 aliphatic carbocycles. The number of nitrogens with zero attached hydrogens (tertiary/aromatic N) is 1. The Morgan fingerprint density at radius 1 is 1.44 bits per heavy atom. The van der Waals surface area contributed by atoms with E-state index in [0.717, 1.165) is 5.56 Å². The molecule has 0 aliphatic rings. The summed E-state index contributed by atoms with van der Waals surface area (Å²) >= 11 is 0. The van der Waals surface area contributed by atoms with Crippen LogP contribution >= 0.6 is 0 Å². The number of benzene rings is 1. The van der Waals surface area contributed by atoms with Gasteiger partial charge in [-0.1, -0.05) is 12.1 Å². The maximum Gasteiger partial charge on any atom is 0.347 e. The molecule has 0 radical (unpaired) electrons. The fourth-order valence-electron chi connectivity index (χ4n) is 1.10. The molecule has 0 saturated heterocycles. The average molecular weight is 219 g/mol. The highest BCUT2D eigenvalue weighted by Gasteiger charge is 2.29. The maximum absolute atomic E-state index is 10.8. The van der Waals surface area contributed by atoms with E-state index in [9.17, 15) is 4.79 Å². The molecule has 1 aromatic carbocycles. The van der Waals surface area contributed by atoms with Gasteiger partial charge < -0.3 is 9.84 Å². The van der Waals surface area contributed by atoms with Gasteiger partial charge in [0.1, 0.15) is 5.75 Å². The fourth-order valence-corrected chi connectivity index (χ4v) is 1.10. The summed E-state index contributed by atoms with van der Waals surface area (Å²) in [5.41, 5.74) is -0.375. The van der Waals surface area contributed by atoms with Crippen molar-refractivity contribution >= 4 is 5.97 Å². The second-order valence-corrected chi connectivity index (χ2v) is 3.90. The third-order valence-corrected chi connectivity index (χ3v) is 2.09. The zero-order valence-electron chi connectivity index (χ0n) is 9.23. The maximum atomic E-state index is 10.8. The first-order chi connectivity index (χ1) is 7.45. The topological polar surface area (TPSA) is 70.3 Å². The quantitative estimate of drug-likeness (QED) is 0.840. The van der Waals surface area contributed by atoms with Crippen molar-refractivity contribution in [2.45, 2.75) is 25.9 Å². The SMILES string of the molecule is CC(C)(Oc1ccc(CC#N)cc1)C(=O)O. The number of carboxylic acids is 1. The zero-order chi connectivity index (χ0) is 12.2. The second-order valence-electron chi connectivity index (χ2n) is 3.90. The monoisotopic (exact) mass is 219 g/mol. The highest BCUT2D eigenvalue weighted by atomic mass is 16.5. The van der Waals surface area contributed by atoms with Gasteiger partial charge >= 0.3 is 5.97 Å². The van der Waals surface area contributed by atoms with Crippen LogP contribution in [-0.4, -0.2) is 16.7 Å². The van der Waals surface area contributed by atoms with E-state index in [1.54, 1.807) is 24.3 Å². The van der Waals surface area contributed by atoms with E-state index in [1.165, 1.54) is 13.8 Å². The minimum atomic E-state index is -1.25. The number of hydrogen-bond acceptors (Lipinski definition) is 3. The van der Waals surface area contributed by atoms with Crippen LogP contribution in [0.3, 0.4) is 0 Å². The standard InChI is InChI=1S/C12H13NO3/c1-12(2,11(14)15)16-10-5-3-9(4-6-10)7-8-13/h3-6H,7H2,1-2H3,(H,14,15). The van der Waals surface area contributed by atoms with Crippen LogP contribution in [0.25, 0.3) is 0 Å². The van der Waals surface area contributed by atoms with Crippen molar-refractivity contribution in [1.29, 1.82) is 5.26 Å². The zero-order valence-corrected chi connectivity index (χ0v) is 9.23. The molecular formula is C12H13NO3. The summed E-state index contributed by atoms with van der Waals surface area (Å²) in [4.78, 5) is 10.8. The van der Waals surface area contributed by atoms with Gasteiger partial charge in [-0.15, -0.1) is 0 Å². The summed E-state index contributed by atoms with van der Waals surface area (Å²) in [5, 5.41) is 17.4. The molecule has 0 amide bonds. The first kappa shape index (κ1) is 12.1. The molecule has 0 aromatic heterocycles. The minimum absolute atomic E-state index is 0.336. The van der Waals surface area contributed by atoms with E-state index >= 15 is 0 Å². The van der Waals surface area contributed by atoms with Crippen LogP contribution in [0.4, 0.5) is 0 Å². The molecule has 0 spiro atoms. The van der Waals surface area contributed by atoms with Gasteiger partial charge in [0.05, 0.1) is 12.5 Å². The molecular weight excluding hydrogens is 206 g/mol. The third kappa shape index (κ3) is 2.99. The molecule has 16 heavy (non-hydrogen) atoms. The Kier molecular flexibility index (Phi) is 3.51. The number of carboxylic acid groups (broad SMARTS) is 1. The molecule has 1 N–H and O–H groups in total. The number of nitriles is 1. The van der Waals surface area contributed by atoms with Gasteiger partial charge in [-0.2, -0.15) is 5.26 Å². The molecule has 0 fully saturated rings. The Hall–Kier alpha value is -2.02. The van der Waals surface area contributed by atoms with Crippen LogP contribution in [0.15, 0.2) is 24.3 Å². The number of aliphatic carboxylic acids is 1. The Morgan fingerprint density at radius 3 is 2.44 bits per heavy atom. The Morgan fingerprint density at radius 2 is 2.00 bits per heavy atom. The van der Waals surface area contributed by atoms with E-state index in [4.69, 9.17) is 15.1 Å². The van der Waals surface area contributed by atoms with E-state index < -0.39 is 11.6 Å². The first-order valence-electron chi connectivity index (χ1n) is 4.84. The van der Waals surface area contributed by atoms with Gasteiger partial charge in [0, 0.05) is 0 Å². The lowest BCUT2D eigenvalue weighted by Gasteiger charge is -2.21. The molecule has 0 aliphatic heterocycles. The summed E-state index contributed by atoms with van der Waals surface area (Å²) in [5.74, 6) is -0.539. The summed E-state index contributed by atoms with van der Waals surface area (Å²) in [7, 11) is 0.